The number of piperidine rings is 1. The van der Waals surface area contributed by atoms with Crippen LogP contribution in [0, 0.1) is 10.1 Å². The first-order valence-corrected chi connectivity index (χ1v) is 7.48. The zero-order chi connectivity index (χ0) is 16.8. The van der Waals surface area contributed by atoms with Crippen LogP contribution in [0.15, 0.2) is 24.3 Å². The van der Waals surface area contributed by atoms with E-state index in [4.69, 9.17) is 0 Å². The summed E-state index contributed by atoms with van der Waals surface area (Å²) in [4.78, 5) is 35.5. The largest absolute Gasteiger partial charge is 0.354 e. The Labute approximate surface area is 134 Å². The van der Waals surface area contributed by atoms with Crippen LogP contribution in [0.2, 0.25) is 0 Å². The predicted octanol–water partition coefficient (Wildman–Crippen LogP) is 1.13. The molecule has 0 spiro atoms. The highest BCUT2D eigenvalue weighted by Gasteiger charge is 2.22. The molecule has 0 bridgehead atoms. The Morgan fingerprint density at radius 3 is 2.57 bits per heavy atom. The summed E-state index contributed by atoms with van der Waals surface area (Å²) in [6.07, 6.45) is 1.58. The number of para-hydroxylation sites is 2. The number of rotatable bonds is 5. The third kappa shape index (κ3) is 5.03. The predicted molar refractivity (Wildman–Crippen MR) is 85.0 cm³/mol. The molecule has 2 N–H and O–H groups in total. The van der Waals surface area contributed by atoms with Crippen LogP contribution < -0.4 is 10.6 Å². The minimum atomic E-state index is -0.519. The van der Waals surface area contributed by atoms with Gasteiger partial charge in [-0.2, -0.15) is 0 Å². The minimum absolute atomic E-state index is 0.0439. The summed E-state index contributed by atoms with van der Waals surface area (Å²) in [6.45, 7) is 3.08. The molecule has 1 aromatic rings. The van der Waals surface area contributed by atoms with E-state index in [0.717, 1.165) is 12.8 Å². The van der Waals surface area contributed by atoms with Gasteiger partial charge in [0.05, 0.1) is 11.5 Å². The Morgan fingerprint density at radius 2 is 1.96 bits per heavy atom. The van der Waals surface area contributed by atoms with E-state index >= 15 is 0 Å². The number of hydrogen-bond donors (Lipinski definition) is 2. The molecule has 23 heavy (non-hydrogen) atoms. The number of anilines is 1. The molecule has 2 rings (SSSR count). The molecule has 1 heterocycles. The lowest BCUT2D eigenvalue weighted by Gasteiger charge is -2.31. The Hall–Kier alpha value is -2.48. The average Bonchev–Trinajstić information content (AvgIpc) is 2.49. The summed E-state index contributed by atoms with van der Waals surface area (Å²) in [5.41, 5.74) is 0.0841. The van der Waals surface area contributed by atoms with Crippen LogP contribution >= 0.6 is 0 Å². The van der Waals surface area contributed by atoms with Crippen LogP contribution in [0.25, 0.3) is 0 Å². The van der Waals surface area contributed by atoms with E-state index in [-0.39, 0.29) is 35.8 Å². The molecule has 0 unspecified atom stereocenters. The number of nitrogens with one attached hydrogen (secondary N) is 2. The van der Waals surface area contributed by atoms with E-state index in [0.29, 0.717) is 13.1 Å². The Kier molecular flexibility index (Phi) is 5.64. The molecule has 1 aromatic carbocycles. The highest BCUT2D eigenvalue weighted by molar-refractivity contribution is 5.94. The lowest BCUT2D eigenvalue weighted by atomic mass is 10.1. The summed E-state index contributed by atoms with van der Waals surface area (Å²) in [5, 5.41) is 16.4. The zero-order valence-corrected chi connectivity index (χ0v) is 12.9. The van der Waals surface area contributed by atoms with Crippen molar-refractivity contribution in [3.8, 4) is 0 Å². The van der Waals surface area contributed by atoms with Crippen LogP contribution in [-0.2, 0) is 9.59 Å². The van der Waals surface area contributed by atoms with Crippen molar-refractivity contribution in [3.05, 3.63) is 34.4 Å². The van der Waals surface area contributed by atoms with Crippen LogP contribution in [0.5, 0.6) is 0 Å². The maximum Gasteiger partial charge on any atom is 0.292 e. The SMILES string of the molecule is CC(=O)NC1CCN(CC(=O)Nc2ccccc2[N+](=O)[O-])CC1. The quantitative estimate of drug-likeness (QED) is 0.625. The summed E-state index contributed by atoms with van der Waals surface area (Å²) < 4.78 is 0. The molecule has 0 atom stereocenters. The molecule has 0 aliphatic carbocycles. The smallest absolute Gasteiger partial charge is 0.292 e. The normalized spacial score (nSPS) is 15.9. The fourth-order valence-corrected chi connectivity index (χ4v) is 2.65. The number of carbonyl (C=O) groups is 2. The van der Waals surface area contributed by atoms with Gasteiger partial charge in [0.1, 0.15) is 5.69 Å². The van der Waals surface area contributed by atoms with Crippen molar-refractivity contribution in [2.24, 2.45) is 0 Å². The molecule has 8 heteroatoms. The first kappa shape index (κ1) is 16.9. The van der Waals surface area contributed by atoms with E-state index in [1.165, 1.54) is 19.1 Å². The van der Waals surface area contributed by atoms with Gasteiger partial charge in [0.25, 0.3) is 5.69 Å². The van der Waals surface area contributed by atoms with Crippen LogP contribution in [0.4, 0.5) is 11.4 Å². The number of nitrogens with zero attached hydrogens (tertiary/aromatic N) is 2. The van der Waals surface area contributed by atoms with E-state index in [9.17, 15) is 19.7 Å². The van der Waals surface area contributed by atoms with Gasteiger partial charge in [0.15, 0.2) is 0 Å². The maximum atomic E-state index is 12.1. The van der Waals surface area contributed by atoms with Gasteiger partial charge in [-0.3, -0.25) is 24.6 Å². The minimum Gasteiger partial charge on any atom is -0.354 e. The topological polar surface area (TPSA) is 105 Å². The van der Waals surface area contributed by atoms with Crippen molar-refractivity contribution in [1.29, 1.82) is 0 Å². The maximum absolute atomic E-state index is 12.1. The van der Waals surface area contributed by atoms with Crippen LogP contribution in [0.1, 0.15) is 19.8 Å². The molecular formula is C15H20N4O4. The second-order valence-electron chi connectivity index (χ2n) is 5.57. The number of carbonyl (C=O) groups excluding carboxylic acids is 2. The van der Waals surface area contributed by atoms with Crippen LogP contribution in [-0.4, -0.2) is 47.3 Å². The molecule has 124 valence electrons. The van der Waals surface area contributed by atoms with E-state index in [2.05, 4.69) is 10.6 Å². The first-order chi connectivity index (χ1) is 11.0. The summed E-state index contributed by atoms with van der Waals surface area (Å²) in [6, 6.07) is 6.22. The molecule has 2 amide bonds. The fraction of sp³-hybridized carbons (Fsp3) is 0.467. The Bertz CT molecular complexity index is 597. The second kappa shape index (κ2) is 7.68. The van der Waals surface area contributed by atoms with Crippen molar-refractivity contribution in [3.63, 3.8) is 0 Å². The molecule has 1 saturated heterocycles. The van der Waals surface area contributed by atoms with Crippen LogP contribution in [0.3, 0.4) is 0 Å². The number of benzene rings is 1. The average molecular weight is 320 g/mol. The van der Waals surface area contributed by atoms with Gasteiger partial charge < -0.3 is 10.6 Å². The summed E-state index contributed by atoms with van der Waals surface area (Å²) >= 11 is 0. The van der Waals surface area contributed by atoms with Gasteiger partial charge in [-0.05, 0) is 18.9 Å². The second-order valence-corrected chi connectivity index (χ2v) is 5.57. The van der Waals surface area contributed by atoms with Crippen molar-refractivity contribution >= 4 is 23.2 Å². The zero-order valence-electron chi connectivity index (χ0n) is 12.9. The van der Waals surface area contributed by atoms with Gasteiger partial charge in [-0.1, -0.05) is 12.1 Å². The van der Waals surface area contributed by atoms with Gasteiger partial charge >= 0.3 is 0 Å². The van der Waals surface area contributed by atoms with Gasteiger partial charge in [0, 0.05) is 32.1 Å². The molecule has 8 nitrogen and oxygen atoms in total. The summed E-state index contributed by atoms with van der Waals surface area (Å²) in [7, 11) is 0. The lowest BCUT2D eigenvalue weighted by Crippen LogP contribution is -2.46. The van der Waals surface area contributed by atoms with E-state index in [1.54, 1.807) is 12.1 Å². The highest BCUT2D eigenvalue weighted by Crippen LogP contribution is 2.23. The monoisotopic (exact) mass is 320 g/mol. The number of hydrogen-bond acceptors (Lipinski definition) is 5. The molecule has 0 aromatic heterocycles. The van der Waals surface area contributed by atoms with Gasteiger partial charge in [0.2, 0.25) is 11.8 Å². The molecular weight excluding hydrogens is 300 g/mol. The van der Waals surface area contributed by atoms with Crippen molar-refractivity contribution in [2.75, 3.05) is 25.0 Å². The number of likely N-dealkylation sites (tertiary alicyclic amines) is 1. The van der Waals surface area contributed by atoms with Gasteiger partial charge in [-0.25, -0.2) is 0 Å². The first-order valence-electron chi connectivity index (χ1n) is 7.48. The molecule has 1 fully saturated rings. The van der Waals surface area contributed by atoms with Crippen molar-refractivity contribution < 1.29 is 14.5 Å². The van der Waals surface area contributed by atoms with Crippen molar-refractivity contribution in [1.82, 2.24) is 10.2 Å². The van der Waals surface area contributed by atoms with E-state index in [1.807, 2.05) is 4.90 Å². The lowest BCUT2D eigenvalue weighted by molar-refractivity contribution is -0.383. The number of amides is 2. The third-order valence-electron chi connectivity index (χ3n) is 3.74. The molecule has 0 radical (unpaired) electrons. The van der Waals surface area contributed by atoms with Gasteiger partial charge in [-0.15, -0.1) is 0 Å². The number of nitro benzene ring substituents is 1. The Balaban J connectivity index is 1.85. The number of nitro groups is 1. The third-order valence-corrected chi connectivity index (χ3v) is 3.74. The summed E-state index contributed by atoms with van der Waals surface area (Å²) in [5.74, 6) is -0.324. The van der Waals surface area contributed by atoms with Crippen molar-refractivity contribution in [2.45, 2.75) is 25.8 Å². The molecule has 1 aliphatic rings. The molecule has 0 saturated carbocycles. The highest BCUT2D eigenvalue weighted by atomic mass is 16.6. The Morgan fingerprint density at radius 1 is 1.30 bits per heavy atom. The van der Waals surface area contributed by atoms with E-state index < -0.39 is 4.92 Å². The fourth-order valence-electron chi connectivity index (χ4n) is 2.65. The standard InChI is InChI=1S/C15H20N4O4/c1-11(20)16-12-6-8-18(9-7-12)10-15(21)17-13-4-2-3-5-14(13)19(22)23/h2-5,12H,6-10H2,1H3,(H,16,20)(H,17,21). The molecule has 1 aliphatic heterocycles.